The Kier molecular flexibility index (Phi) is 7.24. The van der Waals surface area contributed by atoms with Gasteiger partial charge in [0.1, 0.15) is 17.3 Å². The van der Waals surface area contributed by atoms with Crippen LogP contribution in [0.5, 0.6) is 11.5 Å². The number of aromatic nitrogens is 3. The van der Waals surface area contributed by atoms with Crippen LogP contribution in [0, 0.1) is 0 Å². The molecule has 1 heterocycles. The van der Waals surface area contributed by atoms with E-state index in [1.807, 2.05) is 24.3 Å². The predicted molar refractivity (Wildman–Crippen MR) is 114 cm³/mol. The maximum Gasteiger partial charge on any atom is 0.220 e. The standard InChI is InChI=1S/C21H24N4O5S/c1-29-16-7-5-15(6-8-16)21-23-19(24-25-21)14-22-20(26)4-3-13-30-17-9-11-18(12-10-17)31(2,27)28/h5-12H,3-4,13-14H2,1-2H3,(H,22,26)(H,23,24,25). The highest BCUT2D eigenvalue weighted by atomic mass is 32.2. The van der Waals surface area contributed by atoms with Crippen molar-refractivity contribution in [3.8, 4) is 22.9 Å². The molecule has 0 atom stereocenters. The predicted octanol–water partition coefficient (Wildman–Crippen LogP) is 2.36. The first kappa shape index (κ1) is 22.3. The Bertz CT molecular complexity index is 1110. The Morgan fingerprint density at radius 1 is 1.06 bits per heavy atom. The van der Waals surface area contributed by atoms with Crippen molar-refractivity contribution >= 4 is 15.7 Å². The van der Waals surface area contributed by atoms with Crippen LogP contribution in [0.1, 0.15) is 18.7 Å². The zero-order valence-corrected chi connectivity index (χ0v) is 18.1. The van der Waals surface area contributed by atoms with E-state index in [0.717, 1.165) is 17.6 Å². The van der Waals surface area contributed by atoms with E-state index in [9.17, 15) is 13.2 Å². The molecule has 0 saturated carbocycles. The minimum absolute atomic E-state index is 0.126. The molecule has 0 aliphatic carbocycles. The van der Waals surface area contributed by atoms with Gasteiger partial charge in [0.15, 0.2) is 15.7 Å². The van der Waals surface area contributed by atoms with Gasteiger partial charge in [0.05, 0.1) is 25.2 Å². The summed E-state index contributed by atoms with van der Waals surface area (Å²) in [5.74, 6) is 2.28. The Morgan fingerprint density at radius 2 is 1.74 bits per heavy atom. The van der Waals surface area contributed by atoms with E-state index in [-0.39, 0.29) is 17.3 Å². The number of amides is 1. The number of H-pyrrole nitrogens is 1. The smallest absolute Gasteiger partial charge is 0.220 e. The SMILES string of the molecule is COc1ccc(-c2n[nH]c(CNC(=O)CCCOc3ccc(S(C)(=O)=O)cc3)n2)cc1. The summed E-state index contributed by atoms with van der Waals surface area (Å²) in [5, 5.41) is 9.77. The molecule has 164 valence electrons. The number of nitrogens with zero attached hydrogens (tertiary/aromatic N) is 2. The van der Waals surface area contributed by atoms with Crippen LogP contribution in [-0.4, -0.2) is 49.5 Å². The lowest BCUT2D eigenvalue weighted by atomic mass is 10.2. The molecule has 3 aromatic rings. The van der Waals surface area contributed by atoms with E-state index in [1.54, 1.807) is 19.2 Å². The van der Waals surface area contributed by atoms with Crippen LogP contribution in [0.2, 0.25) is 0 Å². The number of aromatic amines is 1. The molecule has 9 nitrogen and oxygen atoms in total. The van der Waals surface area contributed by atoms with E-state index in [0.29, 0.717) is 36.8 Å². The first-order valence-electron chi connectivity index (χ1n) is 9.60. The molecule has 2 N–H and O–H groups in total. The van der Waals surface area contributed by atoms with Gasteiger partial charge in [-0.05, 0) is 55.0 Å². The van der Waals surface area contributed by atoms with Crippen LogP contribution in [0.15, 0.2) is 53.4 Å². The lowest BCUT2D eigenvalue weighted by molar-refractivity contribution is -0.121. The third-order valence-corrected chi connectivity index (χ3v) is 5.53. The second kappa shape index (κ2) is 10.1. The summed E-state index contributed by atoms with van der Waals surface area (Å²) in [6, 6.07) is 13.6. The van der Waals surface area contributed by atoms with Gasteiger partial charge in [0.25, 0.3) is 0 Å². The lowest BCUT2D eigenvalue weighted by Gasteiger charge is -2.07. The number of hydrogen-bond acceptors (Lipinski definition) is 7. The molecule has 0 unspecified atom stereocenters. The normalized spacial score (nSPS) is 11.2. The summed E-state index contributed by atoms with van der Waals surface area (Å²) in [6.45, 7) is 0.589. The van der Waals surface area contributed by atoms with E-state index in [2.05, 4.69) is 20.5 Å². The van der Waals surface area contributed by atoms with Gasteiger partial charge in [-0.15, -0.1) is 0 Å². The van der Waals surface area contributed by atoms with Gasteiger partial charge < -0.3 is 14.8 Å². The number of methoxy groups -OCH3 is 1. The largest absolute Gasteiger partial charge is 0.497 e. The molecule has 1 amide bonds. The van der Waals surface area contributed by atoms with Gasteiger partial charge in [0.2, 0.25) is 5.91 Å². The van der Waals surface area contributed by atoms with Crippen molar-refractivity contribution in [2.75, 3.05) is 20.0 Å². The summed E-state index contributed by atoms with van der Waals surface area (Å²) in [6.07, 6.45) is 1.97. The first-order valence-corrected chi connectivity index (χ1v) is 11.5. The fraction of sp³-hybridized carbons (Fsp3) is 0.286. The molecule has 0 saturated heterocycles. The Labute approximate surface area is 180 Å². The second-order valence-electron chi connectivity index (χ2n) is 6.81. The molecule has 31 heavy (non-hydrogen) atoms. The van der Waals surface area contributed by atoms with E-state index < -0.39 is 9.84 Å². The molecular weight excluding hydrogens is 420 g/mol. The zero-order valence-electron chi connectivity index (χ0n) is 17.3. The van der Waals surface area contributed by atoms with Gasteiger partial charge in [0, 0.05) is 18.2 Å². The van der Waals surface area contributed by atoms with Gasteiger partial charge in [-0.3, -0.25) is 9.89 Å². The number of carbonyl (C=O) groups excluding carboxylic acids is 1. The van der Waals surface area contributed by atoms with E-state index in [1.165, 1.54) is 12.1 Å². The molecule has 3 rings (SSSR count). The molecule has 0 aliphatic heterocycles. The number of nitrogens with one attached hydrogen (secondary N) is 2. The Morgan fingerprint density at radius 3 is 2.39 bits per heavy atom. The molecule has 0 radical (unpaired) electrons. The van der Waals surface area contributed by atoms with Gasteiger partial charge in [-0.2, -0.15) is 5.10 Å². The highest BCUT2D eigenvalue weighted by Gasteiger charge is 2.09. The third kappa shape index (κ3) is 6.54. The van der Waals surface area contributed by atoms with Crippen LogP contribution in [0.3, 0.4) is 0 Å². The minimum Gasteiger partial charge on any atom is -0.497 e. The maximum absolute atomic E-state index is 12.0. The number of hydrogen-bond donors (Lipinski definition) is 2. The van der Waals surface area contributed by atoms with Crippen molar-refractivity contribution in [3.63, 3.8) is 0 Å². The summed E-state index contributed by atoms with van der Waals surface area (Å²) >= 11 is 0. The fourth-order valence-electron chi connectivity index (χ4n) is 2.72. The van der Waals surface area contributed by atoms with Crippen molar-refractivity contribution in [2.45, 2.75) is 24.3 Å². The minimum atomic E-state index is -3.23. The Hall–Kier alpha value is -3.40. The van der Waals surface area contributed by atoms with Crippen molar-refractivity contribution in [1.82, 2.24) is 20.5 Å². The van der Waals surface area contributed by atoms with Gasteiger partial charge in [-0.1, -0.05) is 0 Å². The number of ether oxygens (including phenoxy) is 2. The topological polar surface area (TPSA) is 123 Å². The molecule has 0 aliphatic rings. The van der Waals surface area contributed by atoms with Crippen molar-refractivity contribution in [2.24, 2.45) is 0 Å². The average molecular weight is 445 g/mol. The van der Waals surface area contributed by atoms with E-state index in [4.69, 9.17) is 9.47 Å². The molecule has 10 heteroatoms. The average Bonchev–Trinajstić information content (AvgIpc) is 3.24. The maximum atomic E-state index is 12.0. The van der Waals surface area contributed by atoms with E-state index >= 15 is 0 Å². The quantitative estimate of drug-likeness (QED) is 0.460. The van der Waals surface area contributed by atoms with Crippen LogP contribution in [-0.2, 0) is 21.2 Å². The van der Waals surface area contributed by atoms with Crippen LogP contribution in [0.25, 0.3) is 11.4 Å². The monoisotopic (exact) mass is 444 g/mol. The summed E-state index contributed by atoms with van der Waals surface area (Å²) in [5.41, 5.74) is 0.844. The number of sulfone groups is 1. The number of benzene rings is 2. The molecule has 2 aromatic carbocycles. The summed E-state index contributed by atoms with van der Waals surface area (Å²) in [7, 11) is -1.62. The van der Waals surface area contributed by atoms with Crippen molar-refractivity contribution in [3.05, 3.63) is 54.4 Å². The lowest BCUT2D eigenvalue weighted by Crippen LogP contribution is -2.23. The van der Waals surface area contributed by atoms with Crippen molar-refractivity contribution < 1.29 is 22.7 Å². The number of carbonyl (C=O) groups is 1. The summed E-state index contributed by atoms with van der Waals surface area (Å²) < 4.78 is 33.6. The second-order valence-corrected chi connectivity index (χ2v) is 8.82. The van der Waals surface area contributed by atoms with Crippen LogP contribution >= 0.6 is 0 Å². The third-order valence-electron chi connectivity index (χ3n) is 4.40. The first-order chi connectivity index (χ1) is 14.8. The summed E-state index contributed by atoms with van der Waals surface area (Å²) in [4.78, 5) is 16.6. The zero-order chi connectivity index (χ0) is 22.3. The molecular formula is C21H24N4O5S. The fourth-order valence-corrected chi connectivity index (χ4v) is 3.35. The molecule has 1 aromatic heterocycles. The van der Waals surface area contributed by atoms with Crippen LogP contribution in [0.4, 0.5) is 0 Å². The highest BCUT2D eigenvalue weighted by molar-refractivity contribution is 7.90. The van der Waals surface area contributed by atoms with Crippen molar-refractivity contribution in [1.29, 1.82) is 0 Å². The molecule has 0 spiro atoms. The number of rotatable bonds is 10. The molecule has 0 bridgehead atoms. The van der Waals surface area contributed by atoms with Crippen LogP contribution < -0.4 is 14.8 Å². The molecule has 0 fully saturated rings. The van der Waals surface area contributed by atoms with Gasteiger partial charge in [-0.25, -0.2) is 13.4 Å². The highest BCUT2D eigenvalue weighted by Crippen LogP contribution is 2.19. The Balaban J connectivity index is 1.38. The van der Waals surface area contributed by atoms with Gasteiger partial charge >= 0.3 is 0 Å².